The van der Waals surface area contributed by atoms with Gasteiger partial charge in [-0.05, 0) is 48.0 Å². The van der Waals surface area contributed by atoms with Crippen LogP contribution in [0.25, 0.3) is 33.3 Å². The second-order valence-electron chi connectivity index (χ2n) is 8.09. The van der Waals surface area contributed by atoms with Gasteiger partial charge in [0.05, 0.1) is 11.2 Å². The molecule has 0 saturated heterocycles. The Labute approximate surface area is 191 Å². The van der Waals surface area contributed by atoms with Crippen molar-refractivity contribution < 1.29 is 9.59 Å². The minimum Gasteiger partial charge on any atom is -0.399 e. The average Bonchev–Trinajstić information content (AvgIpc) is 3.22. The van der Waals surface area contributed by atoms with Gasteiger partial charge in [-0.2, -0.15) is 5.10 Å². The lowest BCUT2D eigenvalue weighted by atomic mass is 9.94. The van der Waals surface area contributed by atoms with Gasteiger partial charge in [0, 0.05) is 40.9 Å². The zero-order valence-corrected chi connectivity index (χ0v) is 18.3. The van der Waals surface area contributed by atoms with Gasteiger partial charge in [-0.3, -0.25) is 19.6 Å². The Balaban J connectivity index is 1.78. The number of hydrogen-bond donors (Lipinski definition) is 3. The van der Waals surface area contributed by atoms with Crippen molar-refractivity contribution in [1.29, 1.82) is 0 Å². The molecule has 0 spiro atoms. The number of benzene rings is 3. The van der Waals surface area contributed by atoms with Crippen LogP contribution in [0.4, 0.5) is 5.69 Å². The summed E-state index contributed by atoms with van der Waals surface area (Å²) in [6, 6.07) is 19.3. The first-order valence-corrected chi connectivity index (χ1v) is 10.4. The van der Waals surface area contributed by atoms with Crippen molar-refractivity contribution in [2.75, 3.05) is 19.3 Å². The molecule has 4 rings (SSSR count). The van der Waals surface area contributed by atoms with Crippen molar-refractivity contribution in [2.24, 2.45) is 5.73 Å². The van der Waals surface area contributed by atoms with Gasteiger partial charge >= 0.3 is 0 Å². The number of primary amides is 1. The SMILES string of the molecule is C=C(CN(C)Cc1c(C=O)cccc1-c1ccc2[nH]nc(-c3cccc(N)c3)c2c1)C(N)=O. The summed E-state index contributed by atoms with van der Waals surface area (Å²) in [4.78, 5) is 25.1. The molecule has 166 valence electrons. The third kappa shape index (κ3) is 4.53. The number of carbonyl (C=O) groups is 2. The summed E-state index contributed by atoms with van der Waals surface area (Å²) in [6.45, 7) is 4.48. The number of rotatable bonds is 8. The zero-order chi connectivity index (χ0) is 23.5. The molecule has 3 aromatic carbocycles. The molecule has 7 heteroatoms. The highest BCUT2D eigenvalue weighted by molar-refractivity contribution is 5.97. The van der Waals surface area contributed by atoms with Crippen molar-refractivity contribution in [3.05, 3.63) is 83.9 Å². The standard InChI is InChI=1S/C26H25N5O2/c1-16(26(28)33)13-31(2)14-23-19(15-32)6-4-8-21(23)17-9-10-24-22(12-17)25(30-29-24)18-5-3-7-20(27)11-18/h3-12,15H,1,13-14,27H2,2H3,(H2,28,33)(H,29,30). The number of carbonyl (C=O) groups excluding carboxylic acids is 2. The number of fused-ring (bicyclic) bond motifs is 1. The highest BCUT2D eigenvalue weighted by atomic mass is 16.1. The Bertz CT molecular complexity index is 1370. The quantitative estimate of drug-likeness (QED) is 0.219. The van der Waals surface area contributed by atoms with Crippen molar-refractivity contribution in [3.8, 4) is 22.4 Å². The number of nitrogens with zero attached hydrogens (tertiary/aromatic N) is 2. The summed E-state index contributed by atoms with van der Waals surface area (Å²) in [6.07, 6.45) is 0.851. The molecule has 0 fully saturated rings. The molecule has 1 amide bonds. The van der Waals surface area contributed by atoms with E-state index in [9.17, 15) is 9.59 Å². The molecule has 4 aromatic rings. The number of H-pyrrole nitrogens is 1. The van der Waals surface area contributed by atoms with Crippen LogP contribution in [0.3, 0.4) is 0 Å². The lowest BCUT2D eigenvalue weighted by molar-refractivity contribution is -0.114. The number of likely N-dealkylation sites (N-methyl/N-ethyl adjacent to an activating group) is 1. The van der Waals surface area contributed by atoms with Crippen LogP contribution in [0.15, 0.2) is 72.8 Å². The zero-order valence-electron chi connectivity index (χ0n) is 18.3. The predicted octanol–water partition coefficient (Wildman–Crippen LogP) is 3.76. The van der Waals surface area contributed by atoms with E-state index in [0.717, 1.165) is 45.1 Å². The van der Waals surface area contributed by atoms with E-state index in [-0.39, 0.29) is 0 Å². The van der Waals surface area contributed by atoms with Gasteiger partial charge in [0.15, 0.2) is 0 Å². The molecule has 0 aliphatic rings. The molecule has 33 heavy (non-hydrogen) atoms. The molecular formula is C26H25N5O2. The summed E-state index contributed by atoms with van der Waals surface area (Å²) in [5.41, 5.74) is 18.2. The molecule has 0 atom stereocenters. The Morgan fingerprint density at radius 3 is 2.64 bits per heavy atom. The third-order valence-electron chi connectivity index (χ3n) is 5.61. The highest BCUT2D eigenvalue weighted by Gasteiger charge is 2.16. The number of nitrogens with two attached hydrogens (primary N) is 2. The van der Waals surface area contributed by atoms with Gasteiger partial charge in [0.25, 0.3) is 0 Å². The Morgan fingerprint density at radius 1 is 1.12 bits per heavy atom. The first kappa shape index (κ1) is 22.0. The van der Waals surface area contributed by atoms with Crippen LogP contribution < -0.4 is 11.5 Å². The number of nitrogens with one attached hydrogen (secondary N) is 1. The maximum absolute atomic E-state index is 11.8. The van der Waals surface area contributed by atoms with Gasteiger partial charge in [-0.15, -0.1) is 0 Å². The summed E-state index contributed by atoms with van der Waals surface area (Å²) in [5.74, 6) is -0.537. The van der Waals surface area contributed by atoms with Crippen molar-refractivity contribution in [1.82, 2.24) is 15.1 Å². The lowest BCUT2D eigenvalue weighted by Crippen LogP contribution is -2.27. The van der Waals surface area contributed by atoms with Crippen molar-refractivity contribution >= 4 is 28.8 Å². The molecule has 0 bridgehead atoms. The molecule has 5 N–H and O–H groups in total. The first-order valence-electron chi connectivity index (χ1n) is 10.4. The number of amides is 1. The second-order valence-corrected chi connectivity index (χ2v) is 8.09. The van der Waals surface area contributed by atoms with Gasteiger partial charge in [-0.25, -0.2) is 0 Å². The van der Waals surface area contributed by atoms with E-state index in [0.29, 0.717) is 29.9 Å². The predicted molar refractivity (Wildman–Crippen MR) is 131 cm³/mol. The van der Waals surface area contributed by atoms with Gasteiger partial charge in [-0.1, -0.05) is 43.0 Å². The molecule has 0 radical (unpaired) electrons. The monoisotopic (exact) mass is 439 g/mol. The van der Waals surface area contributed by atoms with Crippen LogP contribution in [0, 0.1) is 0 Å². The van der Waals surface area contributed by atoms with Crippen molar-refractivity contribution in [2.45, 2.75) is 6.54 Å². The van der Waals surface area contributed by atoms with Crippen LogP contribution >= 0.6 is 0 Å². The summed E-state index contributed by atoms with van der Waals surface area (Å²) >= 11 is 0. The second kappa shape index (κ2) is 9.10. The van der Waals surface area contributed by atoms with Crippen LogP contribution in [0.5, 0.6) is 0 Å². The Hall–Kier alpha value is -4.23. The van der Waals surface area contributed by atoms with Crippen LogP contribution in [-0.2, 0) is 11.3 Å². The Morgan fingerprint density at radius 2 is 1.91 bits per heavy atom. The van der Waals surface area contributed by atoms with Gasteiger partial charge in [0.2, 0.25) is 5.91 Å². The van der Waals surface area contributed by atoms with E-state index < -0.39 is 5.91 Å². The summed E-state index contributed by atoms with van der Waals surface area (Å²) in [5, 5.41) is 8.53. The largest absolute Gasteiger partial charge is 0.399 e. The van der Waals surface area contributed by atoms with Gasteiger partial charge in [0.1, 0.15) is 6.29 Å². The number of hydrogen-bond acceptors (Lipinski definition) is 5. The van der Waals surface area contributed by atoms with E-state index in [1.165, 1.54) is 0 Å². The van der Waals surface area contributed by atoms with E-state index in [1.54, 1.807) is 6.07 Å². The topological polar surface area (TPSA) is 118 Å². The minimum absolute atomic E-state index is 0.308. The molecule has 0 unspecified atom stereocenters. The minimum atomic E-state index is -0.537. The van der Waals surface area contributed by atoms with E-state index in [1.807, 2.05) is 60.5 Å². The molecule has 1 heterocycles. The van der Waals surface area contributed by atoms with Crippen LogP contribution in [-0.4, -0.2) is 40.9 Å². The number of aldehydes is 1. The normalized spacial score (nSPS) is 11.1. The van der Waals surface area contributed by atoms with Gasteiger partial charge < -0.3 is 11.5 Å². The Kier molecular flexibility index (Phi) is 6.06. The maximum Gasteiger partial charge on any atom is 0.245 e. The average molecular weight is 440 g/mol. The number of nitrogen functional groups attached to an aromatic ring is 1. The van der Waals surface area contributed by atoms with Crippen LogP contribution in [0.2, 0.25) is 0 Å². The lowest BCUT2D eigenvalue weighted by Gasteiger charge is -2.20. The number of aromatic amines is 1. The smallest absolute Gasteiger partial charge is 0.245 e. The molecule has 0 saturated carbocycles. The van der Waals surface area contributed by atoms with E-state index in [4.69, 9.17) is 11.5 Å². The fourth-order valence-electron chi connectivity index (χ4n) is 3.98. The van der Waals surface area contributed by atoms with Crippen LogP contribution in [0.1, 0.15) is 15.9 Å². The molecular weight excluding hydrogens is 414 g/mol. The summed E-state index contributed by atoms with van der Waals surface area (Å²) < 4.78 is 0. The third-order valence-corrected chi connectivity index (χ3v) is 5.61. The molecule has 7 nitrogen and oxygen atoms in total. The molecule has 0 aliphatic carbocycles. The number of aromatic nitrogens is 2. The fraction of sp³-hybridized carbons (Fsp3) is 0.115. The van der Waals surface area contributed by atoms with E-state index in [2.05, 4.69) is 22.8 Å². The molecule has 0 aliphatic heterocycles. The number of anilines is 1. The fourth-order valence-corrected chi connectivity index (χ4v) is 3.98. The maximum atomic E-state index is 11.8. The summed E-state index contributed by atoms with van der Waals surface area (Å²) in [7, 11) is 1.86. The highest BCUT2D eigenvalue weighted by Crippen LogP contribution is 2.33. The van der Waals surface area contributed by atoms with Crippen molar-refractivity contribution in [3.63, 3.8) is 0 Å². The molecule has 1 aromatic heterocycles. The first-order chi connectivity index (χ1) is 15.9. The van der Waals surface area contributed by atoms with E-state index >= 15 is 0 Å².